The van der Waals surface area contributed by atoms with Crippen molar-refractivity contribution in [1.82, 2.24) is 23.1 Å². The lowest BCUT2D eigenvalue weighted by molar-refractivity contribution is -0.143. The first-order chi connectivity index (χ1) is 14.2. The molecule has 0 spiro atoms. The van der Waals surface area contributed by atoms with Crippen molar-refractivity contribution >= 4 is 22.9 Å². The van der Waals surface area contributed by atoms with E-state index in [0.29, 0.717) is 5.78 Å². The van der Waals surface area contributed by atoms with Crippen LogP contribution in [0.1, 0.15) is 23.7 Å². The Morgan fingerprint density at radius 1 is 1.13 bits per heavy atom. The number of carbonyl (C=O) groups is 1. The quantitative estimate of drug-likeness (QED) is 0.478. The Morgan fingerprint density at radius 2 is 1.87 bits per heavy atom. The Labute approximate surface area is 171 Å². The summed E-state index contributed by atoms with van der Waals surface area (Å²) < 4.78 is 10.7. The molecule has 0 saturated heterocycles. The largest absolute Gasteiger partial charge is 0.465 e. The van der Waals surface area contributed by atoms with Crippen LogP contribution in [0.4, 0.5) is 0 Å². The first kappa shape index (κ1) is 19.7. The second-order valence-electron chi connectivity index (χ2n) is 7.37. The Kier molecular flexibility index (Phi) is 4.60. The van der Waals surface area contributed by atoms with Crippen molar-refractivity contribution in [3.63, 3.8) is 0 Å². The molecule has 0 aliphatic carbocycles. The van der Waals surface area contributed by atoms with Crippen LogP contribution in [0.2, 0.25) is 0 Å². The molecule has 0 atom stereocenters. The van der Waals surface area contributed by atoms with Crippen molar-refractivity contribution in [2.45, 2.75) is 34.2 Å². The lowest BCUT2D eigenvalue weighted by Gasteiger charge is -2.08. The van der Waals surface area contributed by atoms with E-state index in [2.05, 4.69) is 11.1 Å². The lowest BCUT2D eigenvalue weighted by Crippen LogP contribution is -2.41. The topological polar surface area (TPSA) is 92.5 Å². The Morgan fingerprint density at radius 3 is 2.53 bits per heavy atom. The van der Waals surface area contributed by atoms with Crippen molar-refractivity contribution in [2.75, 3.05) is 6.61 Å². The maximum absolute atomic E-state index is 13.1. The van der Waals surface area contributed by atoms with Gasteiger partial charge in [-0.05, 0) is 51.0 Å². The summed E-state index contributed by atoms with van der Waals surface area (Å²) in [5, 5.41) is 0. The van der Waals surface area contributed by atoms with Crippen LogP contribution in [0, 0.1) is 20.8 Å². The third-order valence-electron chi connectivity index (χ3n) is 5.37. The predicted molar refractivity (Wildman–Crippen MR) is 112 cm³/mol. The molecule has 156 valence electrons. The highest BCUT2D eigenvalue weighted by Gasteiger charge is 2.22. The monoisotopic (exact) mass is 409 g/mol. The van der Waals surface area contributed by atoms with Gasteiger partial charge in [0.2, 0.25) is 5.78 Å². The Hall–Kier alpha value is -3.62. The lowest BCUT2D eigenvalue weighted by atomic mass is 10.1. The van der Waals surface area contributed by atoms with Gasteiger partial charge in [0.25, 0.3) is 5.56 Å². The molecule has 0 unspecified atom stereocenters. The van der Waals surface area contributed by atoms with E-state index < -0.39 is 23.8 Å². The van der Waals surface area contributed by atoms with E-state index in [1.807, 2.05) is 37.5 Å². The molecule has 4 rings (SSSR count). The highest BCUT2D eigenvalue weighted by Crippen LogP contribution is 2.22. The zero-order valence-electron chi connectivity index (χ0n) is 17.6. The molecule has 0 aliphatic heterocycles. The molecular weight excluding hydrogens is 386 g/mol. The van der Waals surface area contributed by atoms with Crippen LogP contribution in [0.15, 0.2) is 34.0 Å². The first-order valence-electron chi connectivity index (χ1n) is 9.67. The number of hydrogen-bond donors (Lipinski definition) is 0. The summed E-state index contributed by atoms with van der Waals surface area (Å²) in [6, 6.07) is 6.08. The van der Waals surface area contributed by atoms with E-state index in [4.69, 9.17) is 4.74 Å². The van der Waals surface area contributed by atoms with E-state index >= 15 is 0 Å². The van der Waals surface area contributed by atoms with Crippen molar-refractivity contribution in [3.8, 4) is 5.69 Å². The Balaban J connectivity index is 2.02. The second-order valence-corrected chi connectivity index (χ2v) is 7.37. The van der Waals surface area contributed by atoms with Gasteiger partial charge in [-0.25, -0.2) is 9.36 Å². The molecule has 3 heterocycles. The number of aryl methyl sites for hydroxylation is 4. The maximum atomic E-state index is 13.1. The highest BCUT2D eigenvalue weighted by molar-refractivity contribution is 5.77. The predicted octanol–water partition coefficient (Wildman–Crippen LogP) is 1.63. The van der Waals surface area contributed by atoms with Gasteiger partial charge in [-0.2, -0.15) is 4.98 Å². The molecule has 0 fully saturated rings. The number of esters is 1. The number of imidazole rings is 2. The van der Waals surface area contributed by atoms with Gasteiger partial charge in [-0.15, -0.1) is 0 Å². The van der Waals surface area contributed by atoms with Gasteiger partial charge >= 0.3 is 11.7 Å². The van der Waals surface area contributed by atoms with E-state index in [-0.39, 0.29) is 17.8 Å². The molecule has 0 amide bonds. The molecule has 9 heteroatoms. The standard InChI is InChI=1S/C21H23N5O4/c1-6-30-16(27)11-25-19(28)17-18(23(5)21(25)29)22-20-24(17)10-14(4)26(20)15-8-7-12(2)13(3)9-15/h7-10H,6,11H2,1-5H3. The molecule has 0 aliphatic rings. The number of carbonyl (C=O) groups excluding carboxylic acids is 1. The fourth-order valence-corrected chi connectivity index (χ4v) is 3.67. The maximum Gasteiger partial charge on any atom is 0.333 e. The normalized spacial score (nSPS) is 11.5. The minimum atomic E-state index is -0.638. The molecule has 0 bridgehead atoms. The Bertz CT molecular complexity index is 1430. The number of ether oxygens (including phenoxy) is 1. The molecule has 4 aromatic rings. The van der Waals surface area contributed by atoms with Crippen LogP contribution in [-0.4, -0.2) is 35.7 Å². The zero-order valence-corrected chi connectivity index (χ0v) is 17.6. The summed E-state index contributed by atoms with van der Waals surface area (Å²) >= 11 is 0. The molecule has 30 heavy (non-hydrogen) atoms. The molecule has 1 aromatic carbocycles. The first-order valence-corrected chi connectivity index (χ1v) is 9.67. The van der Waals surface area contributed by atoms with Gasteiger partial charge in [-0.3, -0.25) is 23.1 Å². The van der Waals surface area contributed by atoms with Crippen molar-refractivity contribution in [3.05, 3.63) is 62.1 Å². The fourth-order valence-electron chi connectivity index (χ4n) is 3.67. The zero-order chi connectivity index (χ0) is 21.7. The molecule has 0 saturated carbocycles. The van der Waals surface area contributed by atoms with Crippen molar-refractivity contribution < 1.29 is 9.53 Å². The van der Waals surface area contributed by atoms with Crippen molar-refractivity contribution in [2.24, 2.45) is 7.05 Å². The molecule has 0 radical (unpaired) electrons. The van der Waals surface area contributed by atoms with E-state index in [0.717, 1.165) is 21.5 Å². The minimum Gasteiger partial charge on any atom is -0.465 e. The molecule has 0 N–H and O–H groups in total. The second kappa shape index (κ2) is 7.01. The van der Waals surface area contributed by atoms with Gasteiger partial charge in [0, 0.05) is 24.6 Å². The summed E-state index contributed by atoms with van der Waals surface area (Å²) in [6.07, 6.45) is 1.81. The van der Waals surface area contributed by atoms with Crippen molar-refractivity contribution in [1.29, 1.82) is 0 Å². The van der Waals surface area contributed by atoms with Crippen LogP contribution >= 0.6 is 0 Å². The average molecular weight is 409 g/mol. The summed E-state index contributed by atoms with van der Waals surface area (Å²) in [4.78, 5) is 42.4. The molecule has 3 aromatic heterocycles. The highest BCUT2D eigenvalue weighted by atomic mass is 16.5. The van der Waals surface area contributed by atoms with Crippen LogP contribution in [0.3, 0.4) is 0 Å². The number of aromatic nitrogens is 5. The van der Waals surface area contributed by atoms with Gasteiger partial charge in [-0.1, -0.05) is 6.07 Å². The summed E-state index contributed by atoms with van der Waals surface area (Å²) in [6.45, 7) is 7.40. The summed E-state index contributed by atoms with van der Waals surface area (Å²) in [5.41, 5.74) is 3.42. The summed E-state index contributed by atoms with van der Waals surface area (Å²) in [7, 11) is 1.53. The number of benzene rings is 1. The van der Waals surface area contributed by atoms with Crippen LogP contribution in [0.25, 0.3) is 22.6 Å². The number of hydrogen-bond acceptors (Lipinski definition) is 5. The van der Waals surface area contributed by atoms with E-state index in [1.165, 1.54) is 17.2 Å². The summed E-state index contributed by atoms with van der Waals surface area (Å²) in [5.74, 6) is -0.118. The molecule has 9 nitrogen and oxygen atoms in total. The number of nitrogens with zero attached hydrogens (tertiary/aromatic N) is 5. The fraction of sp³-hybridized carbons (Fsp3) is 0.333. The van der Waals surface area contributed by atoms with Gasteiger partial charge in [0.15, 0.2) is 11.2 Å². The van der Waals surface area contributed by atoms with E-state index in [1.54, 1.807) is 17.5 Å². The van der Waals surface area contributed by atoms with E-state index in [9.17, 15) is 14.4 Å². The molecular formula is C21H23N5O4. The van der Waals surface area contributed by atoms with Crippen LogP contribution < -0.4 is 11.2 Å². The third-order valence-corrected chi connectivity index (χ3v) is 5.37. The van der Waals surface area contributed by atoms with Gasteiger partial charge in [0.1, 0.15) is 6.54 Å². The third kappa shape index (κ3) is 2.85. The smallest absolute Gasteiger partial charge is 0.333 e. The van der Waals surface area contributed by atoms with Gasteiger partial charge in [0.05, 0.1) is 6.61 Å². The van der Waals surface area contributed by atoms with Crippen LogP contribution in [0.5, 0.6) is 0 Å². The van der Waals surface area contributed by atoms with Crippen LogP contribution in [-0.2, 0) is 23.1 Å². The van der Waals surface area contributed by atoms with Gasteiger partial charge < -0.3 is 4.74 Å². The minimum absolute atomic E-state index is 0.172. The number of rotatable bonds is 4. The SMILES string of the molecule is CCOC(=O)Cn1c(=O)c2c(nc3n(-c4ccc(C)c(C)c4)c(C)cn23)n(C)c1=O. The average Bonchev–Trinajstić information content (AvgIpc) is 3.20. The number of fused-ring (bicyclic) bond motifs is 3.